The summed E-state index contributed by atoms with van der Waals surface area (Å²) in [7, 11) is 1.92. The quantitative estimate of drug-likeness (QED) is 0.837. The van der Waals surface area contributed by atoms with Gasteiger partial charge in [-0.1, -0.05) is 6.07 Å². The highest BCUT2D eigenvalue weighted by Gasteiger charge is 2.34. The summed E-state index contributed by atoms with van der Waals surface area (Å²) >= 11 is 0. The first-order valence-corrected chi connectivity index (χ1v) is 8.65. The molecule has 8 nitrogen and oxygen atoms in total. The fourth-order valence-corrected chi connectivity index (χ4v) is 3.43. The summed E-state index contributed by atoms with van der Waals surface area (Å²) in [6.45, 7) is 3.60. The first-order chi connectivity index (χ1) is 12.6. The molecule has 1 aromatic heterocycles. The van der Waals surface area contributed by atoms with Gasteiger partial charge in [-0.2, -0.15) is 0 Å². The first-order valence-electron chi connectivity index (χ1n) is 8.65. The predicted octanol–water partition coefficient (Wildman–Crippen LogP) is 0.926. The van der Waals surface area contributed by atoms with Crippen LogP contribution < -0.4 is 15.4 Å². The number of hydrogen-bond donors (Lipinski definition) is 2. The Morgan fingerprint density at radius 1 is 1.38 bits per heavy atom. The Morgan fingerprint density at radius 3 is 3.00 bits per heavy atom. The maximum atomic E-state index is 13.3. The lowest BCUT2D eigenvalue weighted by Crippen LogP contribution is -2.49. The van der Waals surface area contributed by atoms with Crippen molar-refractivity contribution in [3.63, 3.8) is 0 Å². The molecule has 2 amide bonds. The van der Waals surface area contributed by atoms with E-state index < -0.39 is 6.10 Å². The summed E-state index contributed by atoms with van der Waals surface area (Å²) < 4.78 is 7.67. The molecule has 2 unspecified atom stereocenters. The van der Waals surface area contributed by atoms with Gasteiger partial charge in [-0.3, -0.25) is 9.59 Å². The van der Waals surface area contributed by atoms with Crippen LogP contribution in [-0.4, -0.2) is 52.0 Å². The van der Waals surface area contributed by atoms with Gasteiger partial charge in [-0.05, 0) is 19.1 Å². The number of para-hydroxylation sites is 1. The van der Waals surface area contributed by atoms with Gasteiger partial charge in [-0.15, -0.1) is 0 Å². The Kier molecular flexibility index (Phi) is 4.12. The number of amides is 2. The van der Waals surface area contributed by atoms with Crippen LogP contribution in [0.3, 0.4) is 0 Å². The van der Waals surface area contributed by atoms with Gasteiger partial charge in [0.2, 0.25) is 0 Å². The van der Waals surface area contributed by atoms with Crippen LogP contribution in [0.4, 0.5) is 5.69 Å². The Balaban J connectivity index is 1.70. The lowest BCUT2D eigenvalue weighted by Gasteiger charge is -2.36. The molecule has 0 saturated carbocycles. The Labute approximate surface area is 151 Å². The Hall–Kier alpha value is -2.87. The predicted molar refractivity (Wildman–Crippen MR) is 95.0 cm³/mol. The van der Waals surface area contributed by atoms with Gasteiger partial charge in [0.1, 0.15) is 11.9 Å². The molecule has 2 aliphatic rings. The molecule has 0 aliphatic carbocycles. The number of nitrogens with one attached hydrogen (secondary N) is 2. The van der Waals surface area contributed by atoms with E-state index >= 15 is 0 Å². The molecule has 2 aromatic rings. The van der Waals surface area contributed by atoms with Crippen molar-refractivity contribution >= 4 is 17.5 Å². The van der Waals surface area contributed by atoms with Crippen LogP contribution in [0.1, 0.15) is 29.1 Å². The van der Waals surface area contributed by atoms with Crippen LogP contribution in [0.25, 0.3) is 0 Å². The number of ether oxygens (including phenoxy) is 1. The zero-order valence-corrected chi connectivity index (χ0v) is 14.7. The van der Waals surface area contributed by atoms with Crippen molar-refractivity contribution in [2.45, 2.75) is 19.1 Å². The fourth-order valence-electron chi connectivity index (χ4n) is 3.43. The number of fused-ring (bicyclic) bond motifs is 1. The molecule has 136 valence electrons. The number of imidazole rings is 1. The zero-order chi connectivity index (χ0) is 18.3. The maximum Gasteiger partial charge on any atom is 0.265 e. The van der Waals surface area contributed by atoms with Crippen molar-refractivity contribution < 1.29 is 14.3 Å². The van der Waals surface area contributed by atoms with E-state index in [0.717, 1.165) is 12.4 Å². The third-order valence-electron chi connectivity index (χ3n) is 4.83. The van der Waals surface area contributed by atoms with Crippen molar-refractivity contribution in [3.8, 4) is 5.75 Å². The molecule has 1 fully saturated rings. The van der Waals surface area contributed by atoms with Gasteiger partial charge in [0.15, 0.2) is 11.9 Å². The highest BCUT2D eigenvalue weighted by molar-refractivity contribution is 6.04. The Morgan fingerprint density at radius 2 is 2.23 bits per heavy atom. The molecule has 0 spiro atoms. The van der Waals surface area contributed by atoms with Gasteiger partial charge >= 0.3 is 0 Å². The van der Waals surface area contributed by atoms with Crippen LogP contribution >= 0.6 is 0 Å². The molecule has 8 heteroatoms. The highest BCUT2D eigenvalue weighted by atomic mass is 16.5. The lowest BCUT2D eigenvalue weighted by atomic mass is 10.1. The van der Waals surface area contributed by atoms with Gasteiger partial charge in [-0.25, -0.2) is 4.98 Å². The molecule has 1 saturated heterocycles. The number of rotatable bonds is 2. The van der Waals surface area contributed by atoms with Gasteiger partial charge in [0.05, 0.1) is 11.3 Å². The number of benzene rings is 1. The maximum absolute atomic E-state index is 13.3. The smallest absolute Gasteiger partial charge is 0.265 e. The molecule has 4 rings (SSSR count). The molecular weight excluding hydrogens is 334 g/mol. The van der Waals surface area contributed by atoms with Gasteiger partial charge in [0.25, 0.3) is 11.8 Å². The van der Waals surface area contributed by atoms with Crippen LogP contribution in [0, 0.1) is 0 Å². The second kappa shape index (κ2) is 6.45. The summed E-state index contributed by atoms with van der Waals surface area (Å²) in [5.41, 5.74) is 0.984. The van der Waals surface area contributed by atoms with Crippen LogP contribution in [0.15, 0.2) is 30.6 Å². The molecule has 1 aromatic carbocycles. The van der Waals surface area contributed by atoms with E-state index in [-0.39, 0.29) is 17.9 Å². The summed E-state index contributed by atoms with van der Waals surface area (Å²) in [4.78, 5) is 31.4. The topological polar surface area (TPSA) is 88.5 Å². The number of nitrogens with zero attached hydrogens (tertiary/aromatic N) is 3. The molecule has 2 N–H and O–H groups in total. The van der Waals surface area contributed by atoms with Gasteiger partial charge in [0, 0.05) is 39.1 Å². The number of carbonyl (C=O) groups is 2. The van der Waals surface area contributed by atoms with Crippen molar-refractivity contribution in [1.29, 1.82) is 0 Å². The largest absolute Gasteiger partial charge is 0.478 e. The average molecular weight is 355 g/mol. The minimum atomic E-state index is -0.634. The first kappa shape index (κ1) is 16.6. The molecule has 3 heterocycles. The SMILES string of the molecule is CC1Oc2c(cccc2C(=O)N2CCNCC2c2nccn2C)NC1=O. The van der Waals surface area contributed by atoms with E-state index in [4.69, 9.17) is 4.74 Å². The number of carbonyl (C=O) groups excluding carboxylic acids is 2. The number of aryl methyl sites for hydroxylation is 1. The van der Waals surface area contributed by atoms with E-state index in [1.807, 2.05) is 22.7 Å². The van der Waals surface area contributed by atoms with E-state index in [1.165, 1.54) is 0 Å². The molecule has 26 heavy (non-hydrogen) atoms. The Bertz CT molecular complexity index is 862. The van der Waals surface area contributed by atoms with Crippen LogP contribution in [0.5, 0.6) is 5.75 Å². The normalized spacial score (nSPS) is 22.4. The van der Waals surface area contributed by atoms with E-state index in [2.05, 4.69) is 15.6 Å². The third-order valence-corrected chi connectivity index (χ3v) is 4.83. The molecule has 0 bridgehead atoms. The van der Waals surface area contributed by atoms with Crippen molar-refractivity contribution in [2.75, 3.05) is 25.0 Å². The number of piperazine rings is 1. The second-order valence-electron chi connectivity index (χ2n) is 6.55. The van der Waals surface area contributed by atoms with E-state index in [9.17, 15) is 9.59 Å². The van der Waals surface area contributed by atoms with Crippen LogP contribution in [-0.2, 0) is 11.8 Å². The van der Waals surface area contributed by atoms with E-state index in [0.29, 0.717) is 30.1 Å². The minimum absolute atomic E-state index is 0.125. The number of aromatic nitrogens is 2. The number of hydrogen-bond acceptors (Lipinski definition) is 5. The van der Waals surface area contributed by atoms with Crippen LogP contribution in [0.2, 0.25) is 0 Å². The molecule has 2 aliphatic heterocycles. The molecule has 2 atom stereocenters. The minimum Gasteiger partial charge on any atom is -0.478 e. The second-order valence-corrected chi connectivity index (χ2v) is 6.55. The van der Waals surface area contributed by atoms with Gasteiger partial charge < -0.3 is 24.8 Å². The summed E-state index contributed by atoms with van der Waals surface area (Å²) in [5, 5.41) is 6.12. The van der Waals surface area contributed by atoms with Crippen molar-refractivity contribution in [2.24, 2.45) is 7.05 Å². The van der Waals surface area contributed by atoms with E-state index in [1.54, 1.807) is 31.3 Å². The van der Waals surface area contributed by atoms with Crippen molar-refractivity contribution in [1.82, 2.24) is 19.8 Å². The summed E-state index contributed by atoms with van der Waals surface area (Å²) in [5.74, 6) is 0.925. The standard InChI is InChI=1S/C18H21N5O3/c1-11-17(24)21-13-5-3-4-12(15(13)26-11)18(25)23-9-6-19-10-14(23)16-20-7-8-22(16)2/h3-5,7-8,11,14,19H,6,9-10H2,1-2H3,(H,21,24). The third kappa shape index (κ3) is 2.72. The highest BCUT2D eigenvalue weighted by Crippen LogP contribution is 2.35. The fraction of sp³-hybridized carbons (Fsp3) is 0.389. The molecule has 0 radical (unpaired) electrons. The summed E-state index contributed by atoms with van der Waals surface area (Å²) in [6, 6.07) is 5.07. The average Bonchev–Trinajstić information content (AvgIpc) is 3.07. The monoisotopic (exact) mass is 355 g/mol. The number of anilines is 1. The molecular formula is C18H21N5O3. The summed E-state index contributed by atoms with van der Waals surface area (Å²) in [6.07, 6.45) is 2.97. The lowest BCUT2D eigenvalue weighted by molar-refractivity contribution is -0.122. The zero-order valence-electron chi connectivity index (χ0n) is 14.7. The van der Waals surface area contributed by atoms with Crippen molar-refractivity contribution in [3.05, 3.63) is 42.0 Å².